The third-order valence-corrected chi connectivity index (χ3v) is 1.33. The van der Waals surface area contributed by atoms with Gasteiger partial charge in [0.2, 0.25) is 0 Å². The molecule has 0 aromatic carbocycles. The van der Waals surface area contributed by atoms with Gasteiger partial charge in [-0.2, -0.15) is 0 Å². The third-order valence-electron chi connectivity index (χ3n) is 1.33. The lowest BCUT2D eigenvalue weighted by Gasteiger charge is -1.86. The van der Waals surface area contributed by atoms with Crippen molar-refractivity contribution in [1.82, 2.24) is 0 Å². The Morgan fingerprint density at radius 1 is 0.833 bits per heavy atom. The molecule has 2 aliphatic rings. The second-order valence-corrected chi connectivity index (χ2v) is 1.71. The monoisotopic (exact) mass is 76.0 g/mol. The lowest BCUT2D eigenvalue weighted by Crippen LogP contribution is -1.69. The van der Waals surface area contributed by atoms with Crippen molar-refractivity contribution in [3.05, 3.63) is 35.5 Å². The molecule has 2 rings (SSSR count). The SMILES string of the molecule is C=C1C2=C1C2=C. The summed E-state index contributed by atoms with van der Waals surface area (Å²) in [4.78, 5) is 0. The summed E-state index contributed by atoms with van der Waals surface area (Å²) in [7, 11) is 0. The molecule has 0 atom stereocenters. The van der Waals surface area contributed by atoms with Gasteiger partial charge in [0, 0.05) is 0 Å². The van der Waals surface area contributed by atoms with E-state index in [4.69, 9.17) is 0 Å². The van der Waals surface area contributed by atoms with Gasteiger partial charge in [-0.3, -0.25) is 0 Å². The summed E-state index contributed by atoms with van der Waals surface area (Å²) in [5.41, 5.74) is 5.24. The van der Waals surface area contributed by atoms with Gasteiger partial charge in [-0.1, -0.05) is 13.2 Å². The van der Waals surface area contributed by atoms with Gasteiger partial charge in [-0.15, -0.1) is 0 Å². The van der Waals surface area contributed by atoms with E-state index in [2.05, 4.69) is 13.2 Å². The smallest absolute Gasteiger partial charge is 0.00258 e. The maximum Gasteiger partial charge on any atom is -0.00258 e. The Bertz CT molecular complexity index is 154. The zero-order valence-corrected chi connectivity index (χ0v) is 3.41. The molecule has 0 radical (unpaired) electrons. The summed E-state index contributed by atoms with van der Waals surface area (Å²) in [5.74, 6) is 0. The predicted octanol–water partition coefficient (Wildman–Crippen LogP) is 1.42. The second kappa shape index (κ2) is 0.348. The van der Waals surface area contributed by atoms with Crippen LogP contribution in [0.25, 0.3) is 0 Å². The topological polar surface area (TPSA) is 0 Å². The molecule has 0 heterocycles. The highest BCUT2D eigenvalue weighted by atomic mass is 14.5. The van der Waals surface area contributed by atoms with E-state index in [-0.39, 0.29) is 0 Å². The van der Waals surface area contributed by atoms with E-state index in [0.717, 1.165) is 0 Å². The average molecular weight is 76.1 g/mol. The lowest BCUT2D eigenvalue weighted by atomic mass is 10.2. The van der Waals surface area contributed by atoms with Gasteiger partial charge >= 0.3 is 0 Å². The molecule has 0 fully saturated rings. The van der Waals surface area contributed by atoms with E-state index < -0.39 is 0 Å². The zero-order valence-electron chi connectivity index (χ0n) is 3.41. The minimum absolute atomic E-state index is 1.25. The average Bonchev–Trinajstić information content (AvgIpc) is 2.28. The van der Waals surface area contributed by atoms with Crippen molar-refractivity contribution < 1.29 is 0 Å². The molecule has 0 spiro atoms. The number of allylic oxidation sites excluding steroid dienone is 4. The van der Waals surface area contributed by atoms with Crippen molar-refractivity contribution in [3.63, 3.8) is 0 Å². The van der Waals surface area contributed by atoms with Gasteiger partial charge in [0.15, 0.2) is 0 Å². The van der Waals surface area contributed by atoms with E-state index in [9.17, 15) is 0 Å². The predicted molar refractivity (Wildman–Crippen MR) is 25.3 cm³/mol. The Morgan fingerprint density at radius 3 is 1.17 bits per heavy atom. The van der Waals surface area contributed by atoms with E-state index in [1.165, 1.54) is 22.3 Å². The number of hydrogen-bond donors (Lipinski definition) is 0. The Morgan fingerprint density at radius 2 is 1.17 bits per heavy atom. The highest BCUT2D eigenvalue weighted by Gasteiger charge is 2.46. The molecular formula is C6H4. The highest BCUT2D eigenvalue weighted by Crippen LogP contribution is 2.63. The van der Waals surface area contributed by atoms with Crippen LogP contribution in [-0.4, -0.2) is 0 Å². The maximum atomic E-state index is 3.71. The quantitative estimate of drug-likeness (QED) is 0.409. The molecule has 0 bridgehead atoms. The third kappa shape index (κ3) is 0.0685. The molecule has 6 heavy (non-hydrogen) atoms. The minimum atomic E-state index is 1.25. The molecule has 0 saturated carbocycles. The van der Waals surface area contributed by atoms with Crippen LogP contribution in [0.1, 0.15) is 0 Å². The first-order valence-electron chi connectivity index (χ1n) is 1.96. The fraction of sp³-hybridized carbons (Fsp3) is 0. The Hall–Kier alpha value is -0.780. The van der Waals surface area contributed by atoms with Crippen molar-refractivity contribution in [3.8, 4) is 0 Å². The van der Waals surface area contributed by atoms with E-state index >= 15 is 0 Å². The summed E-state index contributed by atoms with van der Waals surface area (Å²) in [5, 5.41) is 0. The molecule has 0 heteroatoms. The summed E-state index contributed by atoms with van der Waals surface area (Å²) in [6, 6.07) is 0. The number of hydrogen-bond acceptors (Lipinski definition) is 0. The molecule has 0 aromatic rings. The van der Waals surface area contributed by atoms with Crippen LogP contribution in [-0.2, 0) is 0 Å². The van der Waals surface area contributed by atoms with Crippen LogP contribution in [0.5, 0.6) is 0 Å². The van der Waals surface area contributed by atoms with Crippen molar-refractivity contribution in [1.29, 1.82) is 0 Å². The van der Waals surface area contributed by atoms with Crippen LogP contribution >= 0.6 is 0 Å². The fourth-order valence-corrected chi connectivity index (χ4v) is 0.754. The second-order valence-electron chi connectivity index (χ2n) is 1.71. The molecule has 0 N–H and O–H groups in total. The standard InChI is InChI=1S/C6H4/c1-3-5-4(2)6(3)5/h1-2H2. The summed E-state index contributed by atoms with van der Waals surface area (Å²) >= 11 is 0. The van der Waals surface area contributed by atoms with E-state index in [1.54, 1.807) is 0 Å². The van der Waals surface area contributed by atoms with Gasteiger partial charge in [0.1, 0.15) is 0 Å². The van der Waals surface area contributed by atoms with Crippen LogP contribution < -0.4 is 0 Å². The van der Waals surface area contributed by atoms with Crippen molar-refractivity contribution in [2.45, 2.75) is 0 Å². The van der Waals surface area contributed by atoms with E-state index in [0.29, 0.717) is 0 Å². The highest BCUT2D eigenvalue weighted by molar-refractivity contribution is 5.98. The first kappa shape index (κ1) is 2.40. The lowest BCUT2D eigenvalue weighted by molar-refractivity contribution is 1.67. The zero-order chi connectivity index (χ0) is 4.31. The van der Waals surface area contributed by atoms with Gasteiger partial charge in [0.05, 0.1) is 0 Å². The molecule has 0 saturated heterocycles. The van der Waals surface area contributed by atoms with Crippen molar-refractivity contribution in [2.24, 2.45) is 0 Å². The first-order chi connectivity index (χ1) is 2.82. The molecule has 0 aliphatic heterocycles. The Kier molecular flexibility index (Phi) is 0.139. The summed E-state index contributed by atoms with van der Waals surface area (Å²) in [6.45, 7) is 7.43. The fourth-order valence-electron chi connectivity index (χ4n) is 0.754. The van der Waals surface area contributed by atoms with Crippen LogP contribution in [0, 0.1) is 0 Å². The molecule has 2 aliphatic carbocycles. The van der Waals surface area contributed by atoms with Gasteiger partial charge in [0.25, 0.3) is 0 Å². The molecule has 0 unspecified atom stereocenters. The van der Waals surface area contributed by atoms with Crippen molar-refractivity contribution in [2.75, 3.05) is 0 Å². The van der Waals surface area contributed by atoms with Gasteiger partial charge < -0.3 is 0 Å². The number of rotatable bonds is 0. The minimum Gasteiger partial charge on any atom is -0.0905 e. The van der Waals surface area contributed by atoms with Crippen molar-refractivity contribution >= 4 is 0 Å². The summed E-state index contributed by atoms with van der Waals surface area (Å²) in [6.07, 6.45) is 0. The molecule has 0 amide bonds. The molecule has 0 nitrogen and oxygen atoms in total. The first-order valence-corrected chi connectivity index (χ1v) is 1.96. The largest absolute Gasteiger partial charge is 0.0905 e. The maximum absolute atomic E-state index is 3.71. The molecule has 28 valence electrons. The van der Waals surface area contributed by atoms with Gasteiger partial charge in [-0.25, -0.2) is 0 Å². The summed E-state index contributed by atoms with van der Waals surface area (Å²) < 4.78 is 0. The van der Waals surface area contributed by atoms with Crippen LogP contribution in [0.3, 0.4) is 0 Å². The van der Waals surface area contributed by atoms with E-state index in [1.807, 2.05) is 0 Å². The van der Waals surface area contributed by atoms with Crippen LogP contribution in [0.4, 0.5) is 0 Å². The Balaban J connectivity index is 2.52. The Labute approximate surface area is 36.5 Å². The van der Waals surface area contributed by atoms with Crippen LogP contribution in [0.2, 0.25) is 0 Å². The molecule has 0 aromatic heterocycles. The molecular weight excluding hydrogens is 72.1 g/mol. The normalized spacial score (nSPS) is 24.7. The van der Waals surface area contributed by atoms with Gasteiger partial charge in [-0.05, 0) is 22.3 Å². The van der Waals surface area contributed by atoms with Crippen LogP contribution in [0.15, 0.2) is 35.5 Å².